The van der Waals surface area contributed by atoms with Crippen LogP contribution in [0.3, 0.4) is 0 Å². The number of ether oxygens (including phenoxy) is 1. The standard InChI is InChI=1S/C8H13NO4/c1-6(2-4-10)7(11)9-3-5-13-8(9)12/h6,10H,2-5H2,1H3. The number of rotatable bonds is 3. The van der Waals surface area contributed by atoms with Crippen molar-refractivity contribution in [3.8, 4) is 0 Å². The SMILES string of the molecule is CC(CCO)C(=O)N1CCOC1=O. The van der Waals surface area contributed by atoms with Crippen LogP contribution in [0, 0.1) is 5.92 Å². The number of cyclic esters (lactones) is 1. The average molecular weight is 187 g/mol. The topological polar surface area (TPSA) is 66.8 Å². The molecule has 5 nitrogen and oxygen atoms in total. The summed E-state index contributed by atoms with van der Waals surface area (Å²) >= 11 is 0. The maximum absolute atomic E-state index is 11.5. The van der Waals surface area contributed by atoms with Crippen LogP contribution in [0.2, 0.25) is 0 Å². The van der Waals surface area contributed by atoms with Crippen LogP contribution in [-0.4, -0.2) is 41.8 Å². The lowest BCUT2D eigenvalue weighted by atomic mass is 10.1. The van der Waals surface area contributed by atoms with Crippen LogP contribution < -0.4 is 0 Å². The fraction of sp³-hybridized carbons (Fsp3) is 0.750. The molecule has 0 spiro atoms. The first-order valence-electron chi connectivity index (χ1n) is 4.25. The van der Waals surface area contributed by atoms with Crippen molar-refractivity contribution in [2.75, 3.05) is 19.8 Å². The van der Waals surface area contributed by atoms with Crippen LogP contribution in [0.25, 0.3) is 0 Å². The molecule has 0 aromatic carbocycles. The highest BCUT2D eigenvalue weighted by molar-refractivity contribution is 5.94. The molecule has 0 aliphatic carbocycles. The average Bonchev–Trinajstić information content (AvgIpc) is 2.50. The molecule has 2 amide bonds. The van der Waals surface area contributed by atoms with Crippen molar-refractivity contribution in [3.05, 3.63) is 0 Å². The van der Waals surface area contributed by atoms with E-state index in [-0.39, 0.29) is 25.0 Å². The van der Waals surface area contributed by atoms with Crippen molar-refractivity contribution < 1.29 is 19.4 Å². The van der Waals surface area contributed by atoms with E-state index in [0.29, 0.717) is 13.0 Å². The third kappa shape index (κ3) is 2.18. The van der Waals surface area contributed by atoms with Gasteiger partial charge in [0.25, 0.3) is 0 Å². The molecule has 1 fully saturated rings. The van der Waals surface area contributed by atoms with E-state index in [4.69, 9.17) is 5.11 Å². The molecule has 1 atom stereocenters. The van der Waals surface area contributed by atoms with E-state index < -0.39 is 6.09 Å². The summed E-state index contributed by atoms with van der Waals surface area (Å²) in [6.45, 7) is 2.24. The van der Waals surface area contributed by atoms with E-state index in [0.717, 1.165) is 4.90 Å². The van der Waals surface area contributed by atoms with Crippen LogP contribution in [0.4, 0.5) is 4.79 Å². The highest BCUT2D eigenvalue weighted by Gasteiger charge is 2.30. The zero-order valence-corrected chi connectivity index (χ0v) is 7.52. The molecule has 1 aliphatic heterocycles. The highest BCUT2D eigenvalue weighted by Crippen LogP contribution is 2.11. The molecule has 0 saturated carbocycles. The van der Waals surface area contributed by atoms with E-state index in [1.54, 1.807) is 6.92 Å². The van der Waals surface area contributed by atoms with Crippen LogP contribution in [0.5, 0.6) is 0 Å². The second kappa shape index (κ2) is 4.23. The molecular formula is C8H13NO4. The van der Waals surface area contributed by atoms with Crippen molar-refractivity contribution in [1.82, 2.24) is 4.90 Å². The van der Waals surface area contributed by atoms with Gasteiger partial charge < -0.3 is 9.84 Å². The van der Waals surface area contributed by atoms with Gasteiger partial charge in [0.2, 0.25) is 5.91 Å². The number of amides is 2. The van der Waals surface area contributed by atoms with E-state index in [1.807, 2.05) is 0 Å². The number of hydrogen-bond donors (Lipinski definition) is 1. The summed E-state index contributed by atoms with van der Waals surface area (Å²) in [6.07, 6.45) is -0.197. The molecule has 13 heavy (non-hydrogen) atoms. The van der Waals surface area contributed by atoms with Gasteiger partial charge in [-0.15, -0.1) is 0 Å². The molecular weight excluding hydrogens is 174 g/mol. The summed E-state index contributed by atoms with van der Waals surface area (Å²) < 4.78 is 4.62. The highest BCUT2D eigenvalue weighted by atomic mass is 16.6. The largest absolute Gasteiger partial charge is 0.447 e. The normalized spacial score (nSPS) is 18.6. The molecule has 74 valence electrons. The summed E-state index contributed by atoms with van der Waals surface area (Å²) in [5.41, 5.74) is 0. The van der Waals surface area contributed by atoms with E-state index >= 15 is 0 Å². The fourth-order valence-corrected chi connectivity index (χ4v) is 1.18. The van der Waals surface area contributed by atoms with Crippen LogP contribution in [0.1, 0.15) is 13.3 Å². The number of carbonyl (C=O) groups excluding carboxylic acids is 2. The van der Waals surface area contributed by atoms with Crippen LogP contribution in [-0.2, 0) is 9.53 Å². The van der Waals surface area contributed by atoms with Crippen molar-refractivity contribution in [3.63, 3.8) is 0 Å². The molecule has 0 aromatic heterocycles. The summed E-state index contributed by atoms with van der Waals surface area (Å²) in [4.78, 5) is 23.5. The minimum Gasteiger partial charge on any atom is -0.447 e. The predicted octanol–water partition coefficient (Wildman–Crippen LogP) is -0.0163. The summed E-state index contributed by atoms with van der Waals surface area (Å²) in [5.74, 6) is -0.591. The molecule has 1 saturated heterocycles. The maximum atomic E-state index is 11.5. The Morgan fingerprint density at radius 2 is 2.46 bits per heavy atom. The van der Waals surface area contributed by atoms with Gasteiger partial charge >= 0.3 is 6.09 Å². The lowest BCUT2D eigenvalue weighted by Crippen LogP contribution is -2.36. The lowest BCUT2D eigenvalue weighted by Gasteiger charge is -2.15. The van der Waals surface area contributed by atoms with Gasteiger partial charge in [-0.2, -0.15) is 0 Å². The summed E-state index contributed by atoms with van der Waals surface area (Å²) in [7, 11) is 0. The van der Waals surface area contributed by atoms with Gasteiger partial charge in [0.15, 0.2) is 0 Å². The zero-order chi connectivity index (χ0) is 9.84. The molecule has 0 radical (unpaired) electrons. The van der Waals surface area contributed by atoms with Gasteiger partial charge in [-0.05, 0) is 6.42 Å². The molecule has 1 unspecified atom stereocenters. The Hall–Kier alpha value is -1.10. The van der Waals surface area contributed by atoms with Crippen molar-refractivity contribution in [2.45, 2.75) is 13.3 Å². The van der Waals surface area contributed by atoms with Crippen molar-refractivity contribution in [2.24, 2.45) is 5.92 Å². The monoisotopic (exact) mass is 187 g/mol. The Kier molecular flexibility index (Phi) is 3.25. The van der Waals surface area contributed by atoms with Crippen LogP contribution >= 0.6 is 0 Å². The maximum Gasteiger partial charge on any atom is 0.416 e. The van der Waals surface area contributed by atoms with Gasteiger partial charge in [0, 0.05) is 12.5 Å². The number of nitrogens with zero attached hydrogens (tertiary/aromatic N) is 1. The van der Waals surface area contributed by atoms with Crippen molar-refractivity contribution in [1.29, 1.82) is 0 Å². The van der Waals surface area contributed by atoms with Gasteiger partial charge in [0.05, 0.1) is 6.54 Å². The Balaban J connectivity index is 2.51. The number of hydrogen-bond acceptors (Lipinski definition) is 4. The number of aliphatic hydroxyl groups excluding tert-OH is 1. The predicted molar refractivity (Wildman–Crippen MR) is 43.9 cm³/mol. The van der Waals surface area contributed by atoms with E-state index in [1.165, 1.54) is 0 Å². The molecule has 1 heterocycles. The Morgan fingerprint density at radius 1 is 1.77 bits per heavy atom. The summed E-state index contributed by atoms with van der Waals surface area (Å²) in [6, 6.07) is 0. The Morgan fingerprint density at radius 3 is 2.92 bits per heavy atom. The minimum atomic E-state index is -0.574. The van der Waals surface area contributed by atoms with Gasteiger partial charge in [-0.3, -0.25) is 4.79 Å². The second-order valence-corrected chi connectivity index (χ2v) is 3.02. The zero-order valence-electron chi connectivity index (χ0n) is 7.52. The molecule has 1 rings (SSSR count). The molecule has 1 aliphatic rings. The Bertz CT molecular complexity index is 216. The number of aliphatic hydroxyl groups is 1. The third-order valence-electron chi connectivity index (χ3n) is 2.01. The quantitative estimate of drug-likeness (QED) is 0.674. The third-order valence-corrected chi connectivity index (χ3v) is 2.01. The number of carbonyl (C=O) groups is 2. The molecule has 0 aromatic rings. The van der Waals surface area contributed by atoms with E-state index in [2.05, 4.69) is 4.74 Å². The second-order valence-electron chi connectivity index (χ2n) is 3.02. The molecule has 1 N–H and O–H groups in total. The molecule has 0 bridgehead atoms. The molecule has 5 heteroatoms. The lowest BCUT2D eigenvalue weighted by molar-refractivity contribution is -0.131. The van der Waals surface area contributed by atoms with Crippen molar-refractivity contribution >= 4 is 12.0 Å². The minimum absolute atomic E-state index is 0.0458. The van der Waals surface area contributed by atoms with Crippen LogP contribution in [0.15, 0.2) is 0 Å². The fourth-order valence-electron chi connectivity index (χ4n) is 1.18. The first-order valence-corrected chi connectivity index (χ1v) is 4.25. The Labute approximate surface area is 76.3 Å². The smallest absolute Gasteiger partial charge is 0.416 e. The summed E-state index contributed by atoms with van der Waals surface area (Å²) in [5, 5.41) is 8.61. The van der Waals surface area contributed by atoms with E-state index in [9.17, 15) is 9.59 Å². The first kappa shape index (κ1) is 9.98. The number of imide groups is 1. The first-order chi connectivity index (χ1) is 6.16. The van der Waals surface area contributed by atoms with Gasteiger partial charge in [0.1, 0.15) is 6.61 Å². The van der Waals surface area contributed by atoms with Gasteiger partial charge in [-0.25, -0.2) is 9.69 Å². The van der Waals surface area contributed by atoms with Gasteiger partial charge in [-0.1, -0.05) is 6.92 Å².